The number of aromatic nitrogens is 2. The van der Waals surface area contributed by atoms with Crippen molar-refractivity contribution in [3.63, 3.8) is 0 Å². The molecule has 1 rings (SSSR count). The molecule has 0 aliphatic carbocycles. The predicted octanol–water partition coefficient (Wildman–Crippen LogP) is 0.603. The first-order valence-corrected chi connectivity index (χ1v) is 4.65. The Bertz CT molecular complexity index is 268. The third kappa shape index (κ3) is 3.57. The van der Waals surface area contributed by atoms with E-state index in [9.17, 15) is 0 Å². The second kappa shape index (κ2) is 6.15. The van der Waals surface area contributed by atoms with E-state index < -0.39 is 0 Å². The van der Waals surface area contributed by atoms with Crippen LogP contribution in [0.4, 0.5) is 0 Å². The number of hydrogen-bond donors (Lipinski definition) is 1. The molecular weight excluding hydrogens is 182 g/mol. The van der Waals surface area contributed by atoms with Gasteiger partial charge in [-0.15, -0.1) is 0 Å². The van der Waals surface area contributed by atoms with E-state index in [2.05, 4.69) is 9.97 Å². The molecule has 1 heterocycles. The van der Waals surface area contributed by atoms with E-state index in [4.69, 9.17) is 15.2 Å². The molecule has 0 aromatic carbocycles. The first-order chi connectivity index (χ1) is 6.86. The largest absolute Gasteiger partial charge is 0.478 e. The molecule has 0 fully saturated rings. The predicted molar refractivity (Wildman–Crippen MR) is 52.4 cm³/mol. The number of rotatable bonds is 6. The van der Waals surface area contributed by atoms with E-state index in [1.807, 2.05) is 6.92 Å². The summed E-state index contributed by atoms with van der Waals surface area (Å²) in [5, 5.41) is 0. The van der Waals surface area contributed by atoms with Crippen LogP contribution in [0.5, 0.6) is 11.9 Å². The summed E-state index contributed by atoms with van der Waals surface area (Å²) in [5.74, 6) is 0.533. The van der Waals surface area contributed by atoms with Gasteiger partial charge in [0.15, 0.2) is 0 Å². The van der Waals surface area contributed by atoms with E-state index in [-0.39, 0.29) is 0 Å². The Morgan fingerprint density at radius 1 is 1.43 bits per heavy atom. The van der Waals surface area contributed by atoms with E-state index in [1.165, 1.54) is 0 Å². The molecule has 14 heavy (non-hydrogen) atoms. The van der Waals surface area contributed by atoms with Crippen LogP contribution in [-0.2, 0) is 0 Å². The van der Waals surface area contributed by atoms with Crippen LogP contribution in [0.3, 0.4) is 0 Å². The normalized spacial score (nSPS) is 9.86. The molecule has 0 bridgehead atoms. The van der Waals surface area contributed by atoms with Crippen LogP contribution in [0.15, 0.2) is 12.3 Å². The summed E-state index contributed by atoms with van der Waals surface area (Å²) in [6.45, 7) is 3.62. The molecule has 0 saturated heterocycles. The number of nitrogens with two attached hydrogens (primary N) is 1. The highest BCUT2D eigenvalue weighted by Gasteiger charge is 1.99. The lowest BCUT2D eigenvalue weighted by molar-refractivity contribution is 0.274. The summed E-state index contributed by atoms with van der Waals surface area (Å²) in [5.41, 5.74) is 5.32. The molecule has 78 valence electrons. The van der Waals surface area contributed by atoms with E-state index >= 15 is 0 Å². The highest BCUT2D eigenvalue weighted by atomic mass is 16.5. The lowest BCUT2D eigenvalue weighted by atomic mass is 10.5. The van der Waals surface area contributed by atoms with Crippen LogP contribution in [-0.4, -0.2) is 29.7 Å². The van der Waals surface area contributed by atoms with E-state index in [0.29, 0.717) is 31.6 Å². The Morgan fingerprint density at radius 3 is 3.00 bits per heavy atom. The summed E-state index contributed by atoms with van der Waals surface area (Å²) in [7, 11) is 0. The SMILES string of the molecule is CCOc1ccnc(OCCCN)n1. The Hall–Kier alpha value is -1.36. The summed E-state index contributed by atoms with van der Waals surface area (Å²) < 4.78 is 10.4. The fourth-order valence-corrected chi connectivity index (χ4v) is 0.870. The fourth-order valence-electron chi connectivity index (χ4n) is 0.870. The van der Waals surface area contributed by atoms with Crippen LogP contribution in [0.1, 0.15) is 13.3 Å². The Kier molecular flexibility index (Phi) is 4.71. The van der Waals surface area contributed by atoms with Crippen molar-refractivity contribution in [3.8, 4) is 11.9 Å². The molecule has 1 aromatic heterocycles. The van der Waals surface area contributed by atoms with E-state index in [1.54, 1.807) is 12.3 Å². The molecular formula is C9H15N3O2. The van der Waals surface area contributed by atoms with Gasteiger partial charge in [0, 0.05) is 12.3 Å². The molecule has 5 nitrogen and oxygen atoms in total. The van der Waals surface area contributed by atoms with Gasteiger partial charge in [-0.3, -0.25) is 0 Å². The lowest BCUT2D eigenvalue weighted by Gasteiger charge is -2.04. The lowest BCUT2D eigenvalue weighted by Crippen LogP contribution is -2.08. The first-order valence-electron chi connectivity index (χ1n) is 4.65. The van der Waals surface area contributed by atoms with Gasteiger partial charge in [-0.1, -0.05) is 0 Å². The summed E-state index contributed by atoms with van der Waals surface area (Å²) in [4.78, 5) is 7.98. The monoisotopic (exact) mass is 197 g/mol. The molecule has 0 aliphatic heterocycles. The molecule has 1 aromatic rings. The second-order valence-corrected chi connectivity index (χ2v) is 2.60. The van der Waals surface area contributed by atoms with Gasteiger partial charge in [-0.2, -0.15) is 4.98 Å². The molecule has 0 radical (unpaired) electrons. The van der Waals surface area contributed by atoms with Crippen molar-refractivity contribution in [1.29, 1.82) is 0 Å². The highest BCUT2D eigenvalue weighted by Crippen LogP contribution is 2.09. The van der Waals surface area contributed by atoms with Crippen molar-refractivity contribution in [1.82, 2.24) is 9.97 Å². The molecule has 0 amide bonds. The van der Waals surface area contributed by atoms with Crippen molar-refractivity contribution in [2.24, 2.45) is 5.73 Å². The minimum Gasteiger partial charge on any atom is -0.478 e. The zero-order valence-corrected chi connectivity index (χ0v) is 8.27. The van der Waals surface area contributed by atoms with Crippen molar-refractivity contribution in [2.75, 3.05) is 19.8 Å². The molecule has 2 N–H and O–H groups in total. The standard InChI is InChI=1S/C9H15N3O2/c1-2-13-8-4-6-11-9(12-8)14-7-3-5-10/h4,6H,2-3,5,7,10H2,1H3. The van der Waals surface area contributed by atoms with Gasteiger partial charge in [-0.05, 0) is 19.9 Å². The van der Waals surface area contributed by atoms with Crippen molar-refractivity contribution < 1.29 is 9.47 Å². The van der Waals surface area contributed by atoms with Crippen LogP contribution in [0.2, 0.25) is 0 Å². The maximum absolute atomic E-state index is 5.32. The second-order valence-electron chi connectivity index (χ2n) is 2.60. The Labute approximate surface area is 83.3 Å². The zero-order valence-electron chi connectivity index (χ0n) is 8.27. The Balaban J connectivity index is 2.46. The smallest absolute Gasteiger partial charge is 0.319 e. The van der Waals surface area contributed by atoms with Gasteiger partial charge in [-0.25, -0.2) is 4.98 Å². The van der Waals surface area contributed by atoms with Gasteiger partial charge < -0.3 is 15.2 Å². The van der Waals surface area contributed by atoms with Crippen LogP contribution < -0.4 is 15.2 Å². The Morgan fingerprint density at radius 2 is 2.29 bits per heavy atom. The first kappa shape index (κ1) is 10.7. The number of nitrogens with zero attached hydrogens (tertiary/aromatic N) is 2. The van der Waals surface area contributed by atoms with Crippen molar-refractivity contribution in [3.05, 3.63) is 12.3 Å². The maximum Gasteiger partial charge on any atom is 0.319 e. The van der Waals surface area contributed by atoms with Crippen LogP contribution in [0, 0.1) is 0 Å². The fraction of sp³-hybridized carbons (Fsp3) is 0.556. The van der Waals surface area contributed by atoms with Crippen LogP contribution >= 0.6 is 0 Å². The minimum atomic E-state index is 0.337. The average molecular weight is 197 g/mol. The van der Waals surface area contributed by atoms with E-state index in [0.717, 1.165) is 6.42 Å². The van der Waals surface area contributed by atoms with Gasteiger partial charge in [0.25, 0.3) is 0 Å². The zero-order chi connectivity index (χ0) is 10.2. The molecule has 5 heteroatoms. The summed E-state index contributed by atoms with van der Waals surface area (Å²) in [6.07, 6.45) is 2.40. The van der Waals surface area contributed by atoms with Gasteiger partial charge in [0.05, 0.1) is 13.2 Å². The summed E-state index contributed by atoms with van der Waals surface area (Å²) in [6, 6.07) is 2.03. The molecule has 0 unspecified atom stereocenters. The minimum absolute atomic E-state index is 0.337. The third-order valence-corrected chi connectivity index (χ3v) is 1.48. The third-order valence-electron chi connectivity index (χ3n) is 1.48. The quantitative estimate of drug-likeness (QED) is 0.676. The topological polar surface area (TPSA) is 70.3 Å². The average Bonchev–Trinajstić information content (AvgIpc) is 2.19. The van der Waals surface area contributed by atoms with Gasteiger partial charge in [0.1, 0.15) is 0 Å². The molecule has 0 spiro atoms. The number of hydrogen-bond acceptors (Lipinski definition) is 5. The summed E-state index contributed by atoms with van der Waals surface area (Å²) >= 11 is 0. The molecule has 0 atom stereocenters. The van der Waals surface area contributed by atoms with Crippen LogP contribution in [0.25, 0.3) is 0 Å². The van der Waals surface area contributed by atoms with Gasteiger partial charge in [0.2, 0.25) is 5.88 Å². The maximum atomic E-state index is 5.32. The highest BCUT2D eigenvalue weighted by molar-refractivity contribution is 5.10. The van der Waals surface area contributed by atoms with Gasteiger partial charge >= 0.3 is 6.01 Å². The molecule has 0 aliphatic rings. The molecule has 0 saturated carbocycles. The van der Waals surface area contributed by atoms with Crippen molar-refractivity contribution >= 4 is 0 Å². The van der Waals surface area contributed by atoms with Crippen molar-refractivity contribution in [2.45, 2.75) is 13.3 Å². The number of ether oxygens (including phenoxy) is 2.